The number of nitrogens with zero attached hydrogens (tertiary/aromatic N) is 2. The summed E-state index contributed by atoms with van der Waals surface area (Å²) < 4.78 is 6.64. The summed E-state index contributed by atoms with van der Waals surface area (Å²) in [6.07, 6.45) is 1.22. The number of rotatable bonds is 4. The average Bonchev–Trinajstić information content (AvgIpc) is 2.90. The van der Waals surface area contributed by atoms with Crippen molar-refractivity contribution in [3.05, 3.63) is 28.2 Å². The number of halogens is 1. The Hall–Kier alpha value is -0.620. The van der Waals surface area contributed by atoms with Crippen molar-refractivity contribution in [2.24, 2.45) is 11.7 Å². The van der Waals surface area contributed by atoms with E-state index in [0.29, 0.717) is 12.0 Å². The molecule has 122 valence electrons. The molecule has 2 heterocycles. The van der Waals surface area contributed by atoms with Gasteiger partial charge in [0.25, 0.3) is 0 Å². The molecule has 0 aromatic heterocycles. The number of likely N-dealkylation sites (tertiary alicyclic amines) is 1. The summed E-state index contributed by atoms with van der Waals surface area (Å²) in [5, 5.41) is 0. The number of nitrogens with two attached hydrogens (primary N) is 1. The summed E-state index contributed by atoms with van der Waals surface area (Å²) in [6.45, 7) is 8.85. The molecule has 0 radical (unpaired) electrons. The van der Waals surface area contributed by atoms with Crippen molar-refractivity contribution in [2.75, 3.05) is 44.3 Å². The van der Waals surface area contributed by atoms with Crippen molar-refractivity contribution in [2.45, 2.75) is 25.9 Å². The largest absolute Gasteiger partial charge is 0.378 e. The molecular formula is C17H26BrN3O. The van der Waals surface area contributed by atoms with E-state index in [2.05, 4.69) is 50.9 Å². The van der Waals surface area contributed by atoms with E-state index in [1.807, 2.05) is 0 Å². The van der Waals surface area contributed by atoms with Gasteiger partial charge < -0.3 is 15.4 Å². The summed E-state index contributed by atoms with van der Waals surface area (Å²) in [6, 6.07) is 7.29. The molecule has 1 aromatic rings. The molecule has 0 saturated carbocycles. The number of benzene rings is 1. The van der Waals surface area contributed by atoms with E-state index >= 15 is 0 Å². The van der Waals surface area contributed by atoms with Crippen LogP contribution in [0.3, 0.4) is 0 Å². The minimum Gasteiger partial charge on any atom is -0.378 e. The second kappa shape index (κ2) is 7.30. The van der Waals surface area contributed by atoms with Crippen molar-refractivity contribution < 1.29 is 4.74 Å². The predicted molar refractivity (Wildman–Crippen MR) is 94.2 cm³/mol. The fraction of sp³-hybridized carbons (Fsp3) is 0.647. The molecule has 2 aliphatic rings. The van der Waals surface area contributed by atoms with Gasteiger partial charge in [-0.15, -0.1) is 0 Å². The van der Waals surface area contributed by atoms with Crippen LogP contribution in [0.15, 0.2) is 22.7 Å². The lowest BCUT2D eigenvalue weighted by Gasteiger charge is -2.32. The summed E-state index contributed by atoms with van der Waals surface area (Å²) in [5.74, 6) is 0.650. The molecule has 2 saturated heterocycles. The van der Waals surface area contributed by atoms with Crippen molar-refractivity contribution in [3.8, 4) is 0 Å². The van der Waals surface area contributed by atoms with Crippen LogP contribution >= 0.6 is 15.9 Å². The summed E-state index contributed by atoms with van der Waals surface area (Å²) in [4.78, 5) is 5.02. The van der Waals surface area contributed by atoms with Gasteiger partial charge in [0, 0.05) is 42.4 Å². The van der Waals surface area contributed by atoms with Crippen LogP contribution < -0.4 is 10.6 Å². The SMILES string of the molecule is CC1CC(CN)CN1Cc1ccc(Br)cc1N1CCOCC1. The maximum absolute atomic E-state index is 5.86. The van der Waals surface area contributed by atoms with E-state index in [9.17, 15) is 0 Å². The number of hydrogen-bond donors (Lipinski definition) is 1. The van der Waals surface area contributed by atoms with Gasteiger partial charge in [0.15, 0.2) is 0 Å². The lowest BCUT2D eigenvalue weighted by molar-refractivity contribution is 0.122. The number of hydrogen-bond acceptors (Lipinski definition) is 4. The van der Waals surface area contributed by atoms with E-state index < -0.39 is 0 Å². The summed E-state index contributed by atoms with van der Waals surface area (Å²) >= 11 is 3.62. The lowest BCUT2D eigenvalue weighted by Crippen LogP contribution is -2.37. The highest BCUT2D eigenvalue weighted by Gasteiger charge is 2.28. The third kappa shape index (κ3) is 3.65. The first kappa shape index (κ1) is 16.2. The van der Waals surface area contributed by atoms with E-state index in [-0.39, 0.29) is 0 Å². The van der Waals surface area contributed by atoms with Gasteiger partial charge in [-0.2, -0.15) is 0 Å². The maximum atomic E-state index is 5.86. The van der Waals surface area contributed by atoms with Crippen molar-refractivity contribution in [1.29, 1.82) is 0 Å². The molecule has 0 bridgehead atoms. The predicted octanol–water partition coefficient (Wildman–Crippen LogP) is 2.45. The monoisotopic (exact) mass is 367 g/mol. The zero-order chi connectivity index (χ0) is 15.5. The Morgan fingerprint density at radius 3 is 2.77 bits per heavy atom. The van der Waals surface area contributed by atoms with Crippen LogP contribution in [0.1, 0.15) is 18.9 Å². The molecule has 0 aliphatic carbocycles. The van der Waals surface area contributed by atoms with Gasteiger partial charge in [0.1, 0.15) is 0 Å². The highest BCUT2D eigenvalue weighted by atomic mass is 79.9. The van der Waals surface area contributed by atoms with Gasteiger partial charge in [-0.05, 0) is 43.5 Å². The Kier molecular flexibility index (Phi) is 5.39. The van der Waals surface area contributed by atoms with Crippen molar-refractivity contribution in [1.82, 2.24) is 4.90 Å². The zero-order valence-corrected chi connectivity index (χ0v) is 14.9. The Bertz CT molecular complexity index is 505. The third-order valence-electron chi connectivity index (χ3n) is 4.90. The molecule has 5 heteroatoms. The van der Waals surface area contributed by atoms with Gasteiger partial charge in [0.05, 0.1) is 13.2 Å². The minimum atomic E-state index is 0.620. The fourth-order valence-corrected chi connectivity index (χ4v) is 3.95. The van der Waals surface area contributed by atoms with E-state index in [4.69, 9.17) is 10.5 Å². The molecule has 2 N–H and O–H groups in total. The summed E-state index contributed by atoms with van der Waals surface area (Å²) in [5.41, 5.74) is 8.62. The van der Waals surface area contributed by atoms with Crippen molar-refractivity contribution in [3.63, 3.8) is 0 Å². The van der Waals surface area contributed by atoms with Crippen LogP contribution in [0.5, 0.6) is 0 Å². The molecule has 0 amide bonds. The number of anilines is 1. The molecule has 3 rings (SSSR count). The second-order valence-electron chi connectivity index (χ2n) is 6.49. The highest BCUT2D eigenvalue weighted by Crippen LogP contribution is 2.30. The first-order valence-electron chi connectivity index (χ1n) is 8.22. The molecule has 22 heavy (non-hydrogen) atoms. The standard InChI is InChI=1S/C17H26BrN3O/c1-13-8-14(10-19)11-21(13)12-15-2-3-16(18)9-17(15)20-4-6-22-7-5-20/h2-3,9,13-14H,4-8,10-12,19H2,1H3. The van der Waals surface area contributed by atoms with Gasteiger partial charge in [-0.3, -0.25) is 4.90 Å². The molecule has 0 spiro atoms. The molecule has 1 aromatic carbocycles. The van der Waals surface area contributed by atoms with Crippen molar-refractivity contribution >= 4 is 21.6 Å². The fourth-order valence-electron chi connectivity index (χ4n) is 3.60. The zero-order valence-electron chi connectivity index (χ0n) is 13.3. The number of morpholine rings is 1. The molecule has 2 fully saturated rings. The molecule has 4 nitrogen and oxygen atoms in total. The molecular weight excluding hydrogens is 342 g/mol. The quantitative estimate of drug-likeness (QED) is 0.887. The Morgan fingerprint density at radius 2 is 2.09 bits per heavy atom. The Labute approximate surface area is 141 Å². The second-order valence-corrected chi connectivity index (χ2v) is 7.40. The van der Waals surface area contributed by atoms with Gasteiger partial charge in [0.2, 0.25) is 0 Å². The van der Waals surface area contributed by atoms with E-state index in [1.165, 1.54) is 17.7 Å². The first-order valence-corrected chi connectivity index (χ1v) is 9.02. The van der Waals surface area contributed by atoms with Crippen LogP contribution in [0.25, 0.3) is 0 Å². The van der Waals surface area contributed by atoms with Crippen LogP contribution in [0.2, 0.25) is 0 Å². The van der Waals surface area contributed by atoms with Gasteiger partial charge >= 0.3 is 0 Å². The van der Waals surface area contributed by atoms with Crippen LogP contribution in [0, 0.1) is 5.92 Å². The Balaban J connectivity index is 1.78. The molecule has 2 atom stereocenters. The topological polar surface area (TPSA) is 41.7 Å². The van der Waals surface area contributed by atoms with Crippen LogP contribution in [-0.2, 0) is 11.3 Å². The van der Waals surface area contributed by atoms with Gasteiger partial charge in [-0.1, -0.05) is 22.0 Å². The van der Waals surface area contributed by atoms with Crippen LogP contribution in [-0.4, -0.2) is 50.3 Å². The third-order valence-corrected chi connectivity index (χ3v) is 5.39. The lowest BCUT2D eigenvalue weighted by atomic mass is 10.1. The smallest absolute Gasteiger partial charge is 0.0642 e. The molecule has 2 aliphatic heterocycles. The first-order chi connectivity index (χ1) is 10.7. The maximum Gasteiger partial charge on any atom is 0.0642 e. The van der Waals surface area contributed by atoms with E-state index in [1.54, 1.807) is 0 Å². The van der Waals surface area contributed by atoms with Crippen LogP contribution in [0.4, 0.5) is 5.69 Å². The number of ether oxygens (including phenoxy) is 1. The normalized spacial score (nSPS) is 26.6. The average molecular weight is 368 g/mol. The summed E-state index contributed by atoms with van der Waals surface area (Å²) in [7, 11) is 0. The van der Waals surface area contributed by atoms with Gasteiger partial charge in [-0.25, -0.2) is 0 Å². The van der Waals surface area contributed by atoms with E-state index in [0.717, 1.165) is 50.4 Å². The Morgan fingerprint density at radius 1 is 1.32 bits per heavy atom. The highest BCUT2D eigenvalue weighted by molar-refractivity contribution is 9.10. The minimum absolute atomic E-state index is 0.620. The molecule has 2 unspecified atom stereocenters.